The topological polar surface area (TPSA) is 24.9 Å². The van der Waals surface area contributed by atoms with Crippen LogP contribution in [0.4, 0.5) is 10.1 Å². The summed E-state index contributed by atoms with van der Waals surface area (Å²) in [4.78, 5) is 4.07. The molecule has 0 spiro atoms. The second-order valence-electron chi connectivity index (χ2n) is 4.38. The van der Waals surface area contributed by atoms with Gasteiger partial charge in [-0.1, -0.05) is 27.5 Å². The van der Waals surface area contributed by atoms with E-state index in [0.29, 0.717) is 16.4 Å². The molecule has 0 saturated carbocycles. The Bertz CT molecular complexity index is 604. The molecule has 0 saturated heterocycles. The van der Waals surface area contributed by atoms with Gasteiger partial charge in [0.2, 0.25) is 0 Å². The highest BCUT2D eigenvalue weighted by molar-refractivity contribution is 9.10. The molecule has 0 aliphatic carbocycles. The number of benzene rings is 1. The quantitative estimate of drug-likeness (QED) is 0.783. The monoisotopic (exact) mass is 342 g/mol. The summed E-state index contributed by atoms with van der Waals surface area (Å²) in [7, 11) is 0. The second kappa shape index (κ2) is 5.88. The summed E-state index contributed by atoms with van der Waals surface area (Å²) in [6, 6.07) is 6.55. The second-order valence-corrected chi connectivity index (χ2v) is 5.66. The van der Waals surface area contributed by atoms with Crippen LogP contribution in [-0.4, -0.2) is 4.98 Å². The molecule has 1 N–H and O–H groups in total. The zero-order valence-electron chi connectivity index (χ0n) is 10.5. The average Bonchev–Trinajstić information content (AvgIpc) is 2.36. The minimum absolute atomic E-state index is 0.210. The molecule has 100 valence electrons. The lowest BCUT2D eigenvalue weighted by Gasteiger charge is -2.17. The summed E-state index contributed by atoms with van der Waals surface area (Å²) in [5.74, 6) is -0.250. The Kier molecular flexibility index (Phi) is 4.42. The van der Waals surface area contributed by atoms with Crippen molar-refractivity contribution in [1.29, 1.82) is 0 Å². The molecule has 1 heterocycles. The minimum atomic E-state index is -0.250. The molecule has 0 aliphatic rings. The van der Waals surface area contributed by atoms with Gasteiger partial charge in [0.15, 0.2) is 5.15 Å². The Labute approximate surface area is 125 Å². The number of aryl methyl sites for hydroxylation is 1. The highest BCUT2D eigenvalue weighted by atomic mass is 79.9. The predicted octanol–water partition coefficient (Wildman–Crippen LogP) is 5.12. The zero-order valence-corrected chi connectivity index (χ0v) is 12.9. The van der Waals surface area contributed by atoms with Crippen LogP contribution in [-0.2, 0) is 0 Å². The third kappa shape index (κ3) is 3.45. The number of aromatic nitrogens is 1. The van der Waals surface area contributed by atoms with Crippen LogP contribution < -0.4 is 5.32 Å². The maximum absolute atomic E-state index is 13.8. The molecule has 2 aromatic rings. The molecule has 2 rings (SSSR count). The zero-order chi connectivity index (χ0) is 14.0. The van der Waals surface area contributed by atoms with Gasteiger partial charge in [0.1, 0.15) is 5.82 Å². The van der Waals surface area contributed by atoms with Crippen LogP contribution in [0.25, 0.3) is 0 Å². The Balaban J connectivity index is 2.27. The lowest BCUT2D eigenvalue weighted by Crippen LogP contribution is -2.09. The molecule has 0 bridgehead atoms. The van der Waals surface area contributed by atoms with E-state index in [1.807, 2.05) is 19.9 Å². The molecule has 19 heavy (non-hydrogen) atoms. The van der Waals surface area contributed by atoms with E-state index in [9.17, 15) is 4.39 Å². The average molecular weight is 344 g/mol. The molecular formula is C14H13BrClFN2. The molecule has 1 unspecified atom stereocenters. The SMILES string of the molecule is Cc1cnc(Cl)c(NC(C)c2cc(Br)ccc2F)c1. The smallest absolute Gasteiger partial charge is 0.152 e. The molecule has 1 aromatic heterocycles. The number of pyridine rings is 1. The highest BCUT2D eigenvalue weighted by Gasteiger charge is 2.13. The van der Waals surface area contributed by atoms with Crippen LogP contribution in [0.1, 0.15) is 24.1 Å². The van der Waals surface area contributed by atoms with Crippen LogP contribution in [0.2, 0.25) is 5.15 Å². The van der Waals surface area contributed by atoms with E-state index in [1.165, 1.54) is 6.07 Å². The van der Waals surface area contributed by atoms with Crippen molar-refractivity contribution >= 4 is 33.2 Å². The molecule has 1 aromatic carbocycles. The highest BCUT2D eigenvalue weighted by Crippen LogP contribution is 2.28. The molecular weight excluding hydrogens is 331 g/mol. The van der Waals surface area contributed by atoms with Gasteiger partial charge in [-0.05, 0) is 43.7 Å². The van der Waals surface area contributed by atoms with Gasteiger partial charge in [0.05, 0.1) is 11.7 Å². The standard InChI is InChI=1S/C14H13BrClFN2/c1-8-5-13(14(16)18-7-8)19-9(2)11-6-10(15)3-4-12(11)17/h3-7,9,19H,1-2H3. The van der Waals surface area contributed by atoms with Crippen LogP contribution in [0.3, 0.4) is 0 Å². The van der Waals surface area contributed by atoms with Gasteiger partial charge >= 0.3 is 0 Å². The van der Waals surface area contributed by atoms with Crippen molar-refractivity contribution < 1.29 is 4.39 Å². The number of nitrogens with one attached hydrogen (secondary N) is 1. The molecule has 1 atom stereocenters. The van der Waals surface area contributed by atoms with Gasteiger partial charge in [-0.3, -0.25) is 0 Å². The molecule has 0 amide bonds. The van der Waals surface area contributed by atoms with Crippen molar-refractivity contribution in [3.05, 3.63) is 57.0 Å². The van der Waals surface area contributed by atoms with Gasteiger partial charge in [-0.15, -0.1) is 0 Å². The first kappa shape index (κ1) is 14.3. The van der Waals surface area contributed by atoms with Crippen LogP contribution in [0.15, 0.2) is 34.9 Å². The maximum atomic E-state index is 13.8. The van der Waals surface area contributed by atoms with E-state index in [4.69, 9.17) is 11.6 Å². The fraction of sp³-hybridized carbons (Fsp3) is 0.214. The van der Waals surface area contributed by atoms with Crippen molar-refractivity contribution in [2.75, 3.05) is 5.32 Å². The lowest BCUT2D eigenvalue weighted by molar-refractivity contribution is 0.600. The first-order valence-electron chi connectivity index (χ1n) is 5.81. The van der Waals surface area contributed by atoms with E-state index < -0.39 is 0 Å². The largest absolute Gasteiger partial charge is 0.376 e. The van der Waals surface area contributed by atoms with Gasteiger partial charge in [0, 0.05) is 16.2 Å². The van der Waals surface area contributed by atoms with Gasteiger partial charge < -0.3 is 5.32 Å². The summed E-state index contributed by atoms with van der Waals surface area (Å²) in [5.41, 5.74) is 2.27. The Morgan fingerprint density at radius 2 is 2.11 bits per heavy atom. The first-order chi connectivity index (χ1) is 8.97. The number of hydrogen-bond acceptors (Lipinski definition) is 2. The number of nitrogens with zero attached hydrogens (tertiary/aromatic N) is 1. The van der Waals surface area contributed by atoms with Gasteiger partial charge in [-0.2, -0.15) is 0 Å². The summed E-state index contributed by atoms with van der Waals surface area (Å²) in [6.45, 7) is 3.81. The molecule has 2 nitrogen and oxygen atoms in total. The Morgan fingerprint density at radius 3 is 2.84 bits per heavy atom. The minimum Gasteiger partial charge on any atom is -0.376 e. The van der Waals surface area contributed by atoms with E-state index in [-0.39, 0.29) is 11.9 Å². The predicted molar refractivity (Wildman–Crippen MR) is 80.1 cm³/mol. The van der Waals surface area contributed by atoms with Crippen molar-refractivity contribution in [2.24, 2.45) is 0 Å². The molecule has 0 fully saturated rings. The molecule has 5 heteroatoms. The number of halogens is 3. The van der Waals surface area contributed by atoms with Gasteiger partial charge in [-0.25, -0.2) is 9.37 Å². The van der Waals surface area contributed by atoms with Crippen LogP contribution in [0, 0.1) is 12.7 Å². The summed E-state index contributed by atoms with van der Waals surface area (Å²) >= 11 is 9.37. The summed E-state index contributed by atoms with van der Waals surface area (Å²) in [6.07, 6.45) is 1.69. The van der Waals surface area contributed by atoms with E-state index in [2.05, 4.69) is 26.2 Å². The fourth-order valence-electron chi connectivity index (χ4n) is 1.81. The molecule has 0 radical (unpaired) electrons. The van der Waals surface area contributed by atoms with E-state index in [0.717, 1.165) is 10.0 Å². The number of anilines is 1. The fourth-order valence-corrected chi connectivity index (χ4v) is 2.35. The maximum Gasteiger partial charge on any atom is 0.152 e. The van der Waals surface area contributed by atoms with Crippen molar-refractivity contribution in [3.63, 3.8) is 0 Å². The van der Waals surface area contributed by atoms with Crippen molar-refractivity contribution in [3.8, 4) is 0 Å². The molecule has 0 aliphatic heterocycles. The van der Waals surface area contributed by atoms with Crippen LogP contribution >= 0.6 is 27.5 Å². The number of rotatable bonds is 3. The Hall–Kier alpha value is -1.13. The number of hydrogen-bond donors (Lipinski definition) is 1. The Morgan fingerprint density at radius 1 is 1.37 bits per heavy atom. The van der Waals surface area contributed by atoms with Crippen molar-refractivity contribution in [2.45, 2.75) is 19.9 Å². The van der Waals surface area contributed by atoms with E-state index >= 15 is 0 Å². The normalized spacial score (nSPS) is 12.3. The van der Waals surface area contributed by atoms with Crippen molar-refractivity contribution in [1.82, 2.24) is 4.98 Å². The lowest BCUT2D eigenvalue weighted by atomic mass is 10.1. The van der Waals surface area contributed by atoms with E-state index in [1.54, 1.807) is 18.3 Å². The summed E-state index contributed by atoms with van der Waals surface area (Å²) in [5, 5.41) is 3.56. The van der Waals surface area contributed by atoms with Crippen LogP contribution in [0.5, 0.6) is 0 Å². The van der Waals surface area contributed by atoms with Gasteiger partial charge in [0.25, 0.3) is 0 Å². The third-order valence-electron chi connectivity index (χ3n) is 2.77. The summed E-state index contributed by atoms with van der Waals surface area (Å²) < 4.78 is 14.6. The third-order valence-corrected chi connectivity index (χ3v) is 3.57. The first-order valence-corrected chi connectivity index (χ1v) is 6.98.